The summed E-state index contributed by atoms with van der Waals surface area (Å²) in [7, 11) is 3.32. The van der Waals surface area contributed by atoms with Crippen LogP contribution in [0.25, 0.3) is 0 Å². The van der Waals surface area contributed by atoms with Gasteiger partial charge >= 0.3 is 42.3 Å². The van der Waals surface area contributed by atoms with E-state index < -0.39 is 22.0 Å². The Kier molecular flexibility index (Phi) is 35.2. The Morgan fingerprint density at radius 2 is 1.29 bits per heavy atom. The zero-order valence-electron chi connectivity index (χ0n) is 4.13. The molecule has 0 aliphatic heterocycles. The van der Waals surface area contributed by atoms with E-state index in [9.17, 15) is 0 Å². The molecule has 2 radical (unpaired) electrons. The van der Waals surface area contributed by atoms with Crippen LogP contribution < -0.4 is 0 Å². The van der Waals surface area contributed by atoms with E-state index in [0.717, 1.165) is 0 Å². The predicted octanol–water partition coefficient (Wildman–Crippen LogP) is 0.657. The average Bonchev–Trinajstić information content (AvgIpc) is 1.41. The van der Waals surface area contributed by atoms with Gasteiger partial charge in [0.15, 0.2) is 0 Å². The topological polar surface area (TPSA) is 18.5 Å². The molecule has 0 atom stereocenters. The van der Waals surface area contributed by atoms with Crippen LogP contribution in [0.3, 0.4) is 0 Å². The summed E-state index contributed by atoms with van der Waals surface area (Å²) in [6, 6.07) is 0. The van der Waals surface area contributed by atoms with Crippen molar-refractivity contribution in [2.24, 2.45) is 0 Å². The second-order valence-electron chi connectivity index (χ2n) is 0.492. The second-order valence-corrected chi connectivity index (χ2v) is 3.30. The molecule has 0 spiro atoms. The molecular weight excluding hydrogens is 246 g/mol. The quantitative estimate of drug-likeness (QED) is 0.673. The summed E-state index contributed by atoms with van der Waals surface area (Å²) in [6.07, 6.45) is 0. The Morgan fingerprint density at radius 1 is 1.00 bits per heavy atom. The first kappa shape index (κ1) is 15.7. The van der Waals surface area contributed by atoms with Gasteiger partial charge in [-0.3, -0.25) is 0 Å². The Labute approximate surface area is 67.1 Å². The Morgan fingerprint density at radius 3 is 1.29 bits per heavy atom. The third kappa shape index (κ3) is 18.8. The maximum absolute atomic E-state index is 4.64. The third-order valence-corrected chi connectivity index (χ3v) is 1.12. The molecule has 0 rings (SSSR count). The zero-order valence-corrected chi connectivity index (χ0v) is 8.62. The summed E-state index contributed by atoms with van der Waals surface area (Å²) in [4.78, 5) is 0. The smallest absolute Gasteiger partial charge is 0.147 e. The van der Waals surface area contributed by atoms with E-state index in [4.69, 9.17) is 0 Å². The normalized spacial score (nSPS) is 6.00. The Balaban J connectivity index is -0.0000000800. The Bertz CT molecular complexity index is 21.2. The SMILES string of the molecule is C[O][Sn][O]C.Cl.Cl. The van der Waals surface area contributed by atoms with Crippen molar-refractivity contribution in [3.63, 3.8) is 0 Å². The molecule has 0 fully saturated rings. The van der Waals surface area contributed by atoms with Crippen molar-refractivity contribution in [1.82, 2.24) is 0 Å². The fourth-order valence-corrected chi connectivity index (χ4v) is 0.559. The summed E-state index contributed by atoms with van der Waals surface area (Å²) >= 11 is -0.782. The standard InChI is InChI=1S/2CH3O.2ClH.Sn/c2*1-2;;;/h2*1H3;2*1H;/q2*-1;;;+2. The van der Waals surface area contributed by atoms with Gasteiger partial charge in [-0.15, -0.1) is 24.8 Å². The van der Waals surface area contributed by atoms with Crippen LogP contribution in [-0.4, -0.2) is 36.2 Å². The fraction of sp³-hybridized carbons (Fsp3) is 1.00. The molecule has 0 amide bonds. The first-order valence-corrected chi connectivity index (χ1v) is 3.56. The number of hydrogen-bond acceptors (Lipinski definition) is 2. The van der Waals surface area contributed by atoms with Gasteiger partial charge in [-0.1, -0.05) is 0 Å². The largest absolute Gasteiger partial charge is 0.147 e. The molecule has 2 nitrogen and oxygen atoms in total. The van der Waals surface area contributed by atoms with Crippen LogP contribution >= 0.6 is 24.8 Å². The minimum Gasteiger partial charge on any atom is -0.147 e. The van der Waals surface area contributed by atoms with Gasteiger partial charge in [0.25, 0.3) is 0 Å². The van der Waals surface area contributed by atoms with Crippen molar-refractivity contribution in [3.05, 3.63) is 0 Å². The van der Waals surface area contributed by atoms with Crippen LogP contribution in [0.2, 0.25) is 0 Å². The van der Waals surface area contributed by atoms with Crippen LogP contribution in [-0.2, 0) is 6.15 Å². The molecule has 0 aromatic carbocycles. The van der Waals surface area contributed by atoms with Gasteiger partial charge in [0.05, 0.1) is 0 Å². The third-order valence-electron chi connectivity index (χ3n) is 0.167. The van der Waals surface area contributed by atoms with Crippen LogP contribution in [0.15, 0.2) is 0 Å². The van der Waals surface area contributed by atoms with Crippen molar-refractivity contribution in [1.29, 1.82) is 0 Å². The van der Waals surface area contributed by atoms with Gasteiger partial charge in [-0.05, 0) is 0 Å². The molecular formula is C2H8Cl2O2Sn. The first-order chi connectivity index (χ1) is 2.41. The average molecular weight is 254 g/mol. The van der Waals surface area contributed by atoms with Gasteiger partial charge in [-0.2, -0.15) is 0 Å². The van der Waals surface area contributed by atoms with Crippen LogP contribution in [0.1, 0.15) is 0 Å². The summed E-state index contributed by atoms with van der Waals surface area (Å²) in [5, 5.41) is 0. The molecule has 0 aromatic heterocycles. The first-order valence-electron chi connectivity index (χ1n) is 1.22. The van der Waals surface area contributed by atoms with Crippen molar-refractivity contribution in [3.8, 4) is 0 Å². The molecule has 46 valence electrons. The van der Waals surface area contributed by atoms with E-state index >= 15 is 0 Å². The van der Waals surface area contributed by atoms with Crippen LogP contribution in [0, 0.1) is 0 Å². The van der Waals surface area contributed by atoms with Crippen molar-refractivity contribution in [2.45, 2.75) is 0 Å². The Hall–Kier alpha value is 1.30. The maximum atomic E-state index is 4.64. The van der Waals surface area contributed by atoms with Crippen molar-refractivity contribution < 1.29 is 6.15 Å². The molecule has 7 heavy (non-hydrogen) atoms. The van der Waals surface area contributed by atoms with E-state index in [2.05, 4.69) is 6.15 Å². The fourth-order valence-electron chi connectivity index (χ4n) is 0.0833. The molecule has 5 heteroatoms. The summed E-state index contributed by atoms with van der Waals surface area (Å²) in [6.45, 7) is 0. The molecule has 0 saturated heterocycles. The van der Waals surface area contributed by atoms with Gasteiger partial charge in [-0.25, -0.2) is 0 Å². The summed E-state index contributed by atoms with van der Waals surface area (Å²) in [5.74, 6) is 0. The van der Waals surface area contributed by atoms with Gasteiger partial charge in [0, 0.05) is 0 Å². The zero-order chi connectivity index (χ0) is 4.12. The van der Waals surface area contributed by atoms with E-state index in [1.165, 1.54) is 0 Å². The van der Waals surface area contributed by atoms with Gasteiger partial charge < -0.3 is 0 Å². The number of halogens is 2. The van der Waals surface area contributed by atoms with Crippen molar-refractivity contribution >= 4 is 46.8 Å². The molecule has 0 aliphatic rings. The van der Waals surface area contributed by atoms with Crippen LogP contribution in [0.5, 0.6) is 0 Å². The maximum Gasteiger partial charge on any atom is -0.147 e. The van der Waals surface area contributed by atoms with Gasteiger partial charge in [0.2, 0.25) is 0 Å². The summed E-state index contributed by atoms with van der Waals surface area (Å²) < 4.78 is 9.28. The summed E-state index contributed by atoms with van der Waals surface area (Å²) in [5.41, 5.74) is 0. The van der Waals surface area contributed by atoms with E-state index in [1.807, 2.05) is 0 Å². The molecule has 0 unspecified atom stereocenters. The monoisotopic (exact) mass is 254 g/mol. The molecule has 0 saturated carbocycles. The molecule has 0 aromatic rings. The van der Waals surface area contributed by atoms with E-state index in [0.29, 0.717) is 0 Å². The molecule has 0 bridgehead atoms. The molecule has 0 N–H and O–H groups in total. The van der Waals surface area contributed by atoms with Crippen LogP contribution in [0.4, 0.5) is 0 Å². The predicted molar refractivity (Wildman–Crippen MR) is 34.3 cm³/mol. The number of rotatable bonds is 2. The second kappa shape index (κ2) is 15.7. The van der Waals surface area contributed by atoms with E-state index in [1.54, 1.807) is 14.2 Å². The number of hydrogen-bond donors (Lipinski definition) is 0. The minimum atomic E-state index is -0.782. The van der Waals surface area contributed by atoms with E-state index in [-0.39, 0.29) is 24.8 Å². The van der Waals surface area contributed by atoms with Crippen molar-refractivity contribution in [2.75, 3.05) is 14.2 Å². The van der Waals surface area contributed by atoms with Gasteiger partial charge in [0.1, 0.15) is 0 Å². The minimum absolute atomic E-state index is 0. The molecule has 0 heterocycles. The molecule has 0 aliphatic carbocycles.